The third-order valence-electron chi connectivity index (χ3n) is 1.72. The average Bonchev–Trinajstić information content (AvgIpc) is 2.15. The van der Waals surface area contributed by atoms with Crippen molar-refractivity contribution in [2.24, 2.45) is 0 Å². The number of amides is 1. The molecule has 0 heterocycles. The van der Waals surface area contributed by atoms with Crippen molar-refractivity contribution in [3.63, 3.8) is 0 Å². The summed E-state index contributed by atoms with van der Waals surface area (Å²) in [5, 5.41) is 0. The Bertz CT molecular complexity index is 340. The topological polar surface area (TPSA) is 23.3 Å². The van der Waals surface area contributed by atoms with Gasteiger partial charge in [-0.25, -0.2) is 4.79 Å². The third kappa shape index (κ3) is 2.69. The zero-order valence-corrected chi connectivity index (χ0v) is 8.77. The summed E-state index contributed by atoms with van der Waals surface area (Å²) in [5.41, 5.74) is 0.883. The molecule has 0 aliphatic heterocycles. The standard InChI is InChI=1S/C11H15N2O/c1-10(14)13(9-12(2)3)11-7-5-4-6-8-11/h4-9H,1-3H3/q+1. The number of hydrogen-bond donors (Lipinski definition) is 0. The van der Waals surface area contributed by atoms with Gasteiger partial charge in [0.25, 0.3) is 0 Å². The molecule has 3 heteroatoms. The molecule has 0 fully saturated rings. The van der Waals surface area contributed by atoms with Gasteiger partial charge in [0, 0.05) is 6.92 Å². The van der Waals surface area contributed by atoms with Gasteiger partial charge in [0.1, 0.15) is 5.69 Å². The van der Waals surface area contributed by atoms with Crippen LogP contribution in [0.5, 0.6) is 0 Å². The minimum absolute atomic E-state index is 0.00454. The highest BCUT2D eigenvalue weighted by atomic mass is 16.2. The molecule has 0 saturated heterocycles. The van der Waals surface area contributed by atoms with E-state index < -0.39 is 0 Å². The van der Waals surface area contributed by atoms with Gasteiger partial charge in [-0.1, -0.05) is 18.2 Å². The molecule has 3 nitrogen and oxygen atoms in total. The van der Waals surface area contributed by atoms with Gasteiger partial charge in [-0.05, 0) is 12.1 Å². The van der Waals surface area contributed by atoms with Crippen LogP contribution in [-0.2, 0) is 4.79 Å². The molecule has 0 spiro atoms. The molecule has 1 rings (SSSR count). The Hall–Kier alpha value is -1.64. The Morgan fingerprint density at radius 1 is 1.29 bits per heavy atom. The molecule has 0 N–H and O–H groups in total. The molecular weight excluding hydrogens is 176 g/mol. The van der Waals surface area contributed by atoms with Gasteiger partial charge in [0.15, 0.2) is 0 Å². The minimum atomic E-state index is 0.00454. The highest BCUT2D eigenvalue weighted by Crippen LogP contribution is 2.10. The molecule has 0 bridgehead atoms. The van der Waals surface area contributed by atoms with Gasteiger partial charge in [0.05, 0.1) is 14.1 Å². The molecular formula is C11H15N2O+. The fourth-order valence-corrected chi connectivity index (χ4v) is 1.15. The maximum absolute atomic E-state index is 11.3. The fraction of sp³-hybridized carbons (Fsp3) is 0.273. The lowest BCUT2D eigenvalue weighted by molar-refractivity contribution is -0.460. The van der Waals surface area contributed by atoms with Gasteiger partial charge in [-0.2, -0.15) is 4.90 Å². The lowest BCUT2D eigenvalue weighted by Gasteiger charge is -2.08. The first kappa shape index (κ1) is 10.4. The third-order valence-corrected chi connectivity index (χ3v) is 1.72. The molecule has 0 aliphatic carbocycles. The van der Waals surface area contributed by atoms with E-state index in [9.17, 15) is 4.79 Å². The number of rotatable bonds is 2. The van der Waals surface area contributed by atoms with E-state index in [-0.39, 0.29) is 5.91 Å². The van der Waals surface area contributed by atoms with Crippen LogP contribution in [0.25, 0.3) is 0 Å². The molecule has 14 heavy (non-hydrogen) atoms. The van der Waals surface area contributed by atoms with Gasteiger partial charge >= 0.3 is 5.91 Å². The van der Waals surface area contributed by atoms with E-state index in [1.165, 1.54) is 0 Å². The summed E-state index contributed by atoms with van der Waals surface area (Å²) in [5.74, 6) is 0.00454. The second kappa shape index (κ2) is 4.56. The van der Waals surface area contributed by atoms with E-state index in [4.69, 9.17) is 0 Å². The van der Waals surface area contributed by atoms with E-state index in [0.29, 0.717) is 0 Å². The summed E-state index contributed by atoms with van der Waals surface area (Å²) in [4.78, 5) is 13.0. The molecule has 1 amide bonds. The predicted octanol–water partition coefficient (Wildman–Crippen LogP) is 1.34. The second-order valence-corrected chi connectivity index (χ2v) is 3.30. The van der Waals surface area contributed by atoms with Crippen molar-refractivity contribution in [2.75, 3.05) is 19.0 Å². The average molecular weight is 191 g/mol. The van der Waals surface area contributed by atoms with Crippen molar-refractivity contribution in [1.29, 1.82) is 0 Å². The van der Waals surface area contributed by atoms with Crippen molar-refractivity contribution >= 4 is 17.9 Å². The van der Waals surface area contributed by atoms with Crippen molar-refractivity contribution < 1.29 is 9.37 Å². The SMILES string of the molecule is CC(=O)N(C=[N+](C)C)c1ccccc1. The van der Waals surface area contributed by atoms with Crippen molar-refractivity contribution in [3.05, 3.63) is 30.3 Å². The van der Waals surface area contributed by atoms with Gasteiger partial charge in [0.2, 0.25) is 6.34 Å². The Kier molecular flexibility index (Phi) is 3.40. The number of nitrogens with zero attached hydrogens (tertiary/aromatic N) is 2. The predicted molar refractivity (Wildman–Crippen MR) is 57.8 cm³/mol. The molecule has 0 aromatic heterocycles. The van der Waals surface area contributed by atoms with Crippen molar-refractivity contribution in [2.45, 2.75) is 6.92 Å². The quantitative estimate of drug-likeness (QED) is 0.393. The molecule has 0 aliphatic rings. The highest BCUT2D eigenvalue weighted by molar-refractivity contribution is 6.05. The van der Waals surface area contributed by atoms with E-state index in [1.807, 2.05) is 49.0 Å². The van der Waals surface area contributed by atoms with Crippen LogP contribution in [0.4, 0.5) is 5.69 Å². The van der Waals surface area contributed by atoms with Crippen LogP contribution in [0.15, 0.2) is 30.3 Å². The fourth-order valence-electron chi connectivity index (χ4n) is 1.15. The first-order chi connectivity index (χ1) is 6.61. The highest BCUT2D eigenvalue weighted by Gasteiger charge is 2.15. The zero-order valence-electron chi connectivity index (χ0n) is 8.77. The largest absolute Gasteiger partial charge is 0.311 e. The number of anilines is 1. The van der Waals surface area contributed by atoms with Crippen LogP contribution in [0.1, 0.15) is 6.92 Å². The first-order valence-electron chi connectivity index (χ1n) is 4.47. The summed E-state index contributed by atoms with van der Waals surface area (Å²) in [6, 6.07) is 9.56. The van der Waals surface area contributed by atoms with Gasteiger partial charge in [-0.15, -0.1) is 0 Å². The summed E-state index contributed by atoms with van der Waals surface area (Å²) in [6.07, 6.45) is 1.76. The minimum Gasteiger partial charge on any atom is -0.273 e. The number of hydrogen-bond acceptors (Lipinski definition) is 1. The van der Waals surface area contributed by atoms with Crippen LogP contribution in [0, 0.1) is 0 Å². The number of carbonyl (C=O) groups excluding carboxylic acids is 1. The smallest absolute Gasteiger partial charge is 0.273 e. The van der Waals surface area contributed by atoms with Crippen LogP contribution in [0.2, 0.25) is 0 Å². The van der Waals surface area contributed by atoms with E-state index >= 15 is 0 Å². The lowest BCUT2D eigenvalue weighted by Crippen LogP contribution is -2.30. The Morgan fingerprint density at radius 2 is 1.86 bits per heavy atom. The summed E-state index contributed by atoms with van der Waals surface area (Å²) in [7, 11) is 3.78. The van der Waals surface area contributed by atoms with Crippen molar-refractivity contribution in [1.82, 2.24) is 0 Å². The summed E-state index contributed by atoms with van der Waals surface area (Å²) < 4.78 is 1.84. The molecule has 0 saturated carbocycles. The first-order valence-corrected chi connectivity index (χ1v) is 4.47. The Labute approximate surface area is 84.3 Å². The molecule has 0 atom stereocenters. The van der Waals surface area contributed by atoms with Crippen LogP contribution < -0.4 is 4.90 Å². The lowest BCUT2D eigenvalue weighted by atomic mass is 10.3. The van der Waals surface area contributed by atoms with E-state index in [1.54, 1.807) is 18.2 Å². The van der Waals surface area contributed by atoms with Crippen molar-refractivity contribution in [3.8, 4) is 0 Å². The van der Waals surface area contributed by atoms with Crippen LogP contribution >= 0.6 is 0 Å². The monoisotopic (exact) mass is 191 g/mol. The molecule has 1 aromatic rings. The second-order valence-electron chi connectivity index (χ2n) is 3.30. The number of carbonyl (C=O) groups is 1. The number of para-hydroxylation sites is 1. The zero-order chi connectivity index (χ0) is 10.6. The number of benzene rings is 1. The Balaban J connectivity index is 3.01. The van der Waals surface area contributed by atoms with Gasteiger partial charge in [-0.3, -0.25) is 4.58 Å². The van der Waals surface area contributed by atoms with Crippen LogP contribution in [-0.4, -0.2) is 30.9 Å². The van der Waals surface area contributed by atoms with Crippen LogP contribution in [0.3, 0.4) is 0 Å². The van der Waals surface area contributed by atoms with Gasteiger partial charge < -0.3 is 0 Å². The molecule has 0 unspecified atom stereocenters. The Morgan fingerprint density at radius 3 is 2.29 bits per heavy atom. The molecule has 0 radical (unpaired) electrons. The molecule has 1 aromatic carbocycles. The maximum Gasteiger partial charge on any atom is 0.311 e. The summed E-state index contributed by atoms with van der Waals surface area (Å²) in [6.45, 7) is 1.55. The molecule has 74 valence electrons. The van der Waals surface area contributed by atoms with E-state index in [2.05, 4.69) is 0 Å². The van der Waals surface area contributed by atoms with E-state index in [0.717, 1.165) is 5.69 Å². The summed E-state index contributed by atoms with van der Waals surface area (Å²) >= 11 is 0. The maximum atomic E-state index is 11.3. The normalized spacial score (nSPS) is 9.36.